The summed E-state index contributed by atoms with van der Waals surface area (Å²) in [5.74, 6) is 2.69. The van der Waals surface area contributed by atoms with Crippen LogP contribution >= 0.6 is 23.1 Å². The molecule has 1 unspecified atom stereocenters. The number of nitrogens with zero attached hydrogens (tertiary/aromatic N) is 2. The second-order valence-corrected chi connectivity index (χ2v) is 10.3. The zero-order valence-electron chi connectivity index (χ0n) is 16.6. The van der Waals surface area contributed by atoms with Crippen LogP contribution in [0.4, 0.5) is 0 Å². The van der Waals surface area contributed by atoms with Crippen LogP contribution in [-0.4, -0.2) is 21.6 Å². The molecule has 1 aromatic carbocycles. The zero-order chi connectivity index (χ0) is 19.8. The third-order valence-corrected chi connectivity index (χ3v) is 7.88. The molecule has 6 heteroatoms. The number of thiophene rings is 1. The van der Waals surface area contributed by atoms with Gasteiger partial charge in [0.2, 0.25) is 5.91 Å². The van der Waals surface area contributed by atoms with Crippen molar-refractivity contribution in [1.29, 1.82) is 0 Å². The van der Waals surface area contributed by atoms with Gasteiger partial charge in [0.05, 0.1) is 5.75 Å². The van der Waals surface area contributed by atoms with Crippen molar-refractivity contribution in [3.05, 3.63) is 52.2 Å². The van der Waals surface area contributed by atoms with E-state index < -0.39 is 0 Å². The molecular formula is C23H25N3OS2. The molecule has 29 heavy (non-hydrogen) atoms. The van der Waals surface area contributed by atoms with Gasteiger partial charge in [-0.05, 0) is 49.1 Å². The summed E-state index contributed by atoms with van der Waals surface area (Å²) in [7, 11) is 0. The van der Waals surface area contributed by atoms with Gasteiger partial charge in [0, 0.05) is 22.7 Å². The van der Waals surface area contributed by atoms with Gasteiger partial charge in [0.25, 0.3) is 0 Å². The fourth-order valence-corrected chi connectivity index (χ4v) is 6.28. The number of amides is 1. The first-order chi connectivity index (χ1) is 14.2. The molecule has 3 aromatic rings. The lowest BCUT2D eigenvalue weighted by atomic mass is 9.89. The first-order valence-corrected chi connectivity index (χ1v) is 12.2. The van der Waals surface area contributed by atoms with E-state index >= 15 is 0 Å². The van der Waals surface area contributed by atoms with Crippen LogP contribution in [0.3, 0.4) is 0 Å². The van der Waals surface area contributed by atoms with Crippen molar-refractivity contribution in [2.75, 3.05) is 5.75 Å². The Labute approximate surface area is 179 Å². The number of nitrogens with one attached hydrogen (secondary N) is 1. The van der Waals surface area contributed by atoms with Gasteiger partial charge in [-0.3, -0.25) is 4.79 Å². The summed E-state index contributed by atoms with van der Waals surface area (Å²) in [6, 6.07) is 10.0. The van der Waals surface area contributed by atoms with E-state index in [2.05, 4.69) is 12.2 Å². The van der Waals surface area contributed by atoms with Crippen molar-refractivity contribution in [1.82, 2.24) is 15.3 Å². The highest BCUT2D eigenvalue weighted by Crippen LogP contribution is 2.44. The molecule has 1 amide bonds. The quantitative estimate of drug-likeness (QED) is 0.443. The summed E-state index contributed by atoms with van der Waals surface area (Å²) < 4.78 is 0. The number of aromatic nitrogens is 2. The molecule has 1 saturated carbocycles. The van der Waals surface area contributed by atoms with Gasteiger partial charge in [-0.2, -0.15) is 0 Å². The van der Waals surface area contributed by atoms with Crippen molar-refractivity contribution in [3.63, 3.8) is 0 Å². The van der Waals surface area contributed by atoms with Crippen molar-refractivity contribution in [2.45, 2.75) is 56.5 Å². The summed E-state index contributed by atoms with van der Waals surface area (Å²) in [4.78, 5) is 24.9. The first kappa shape index (κ1) is 19.1. The van der Waals surface area contributed by atoms with Crippen molar-refractivity contribution in [3.8, 4) is 0 Å². The molecule has 0 radical (unpaired) electrons. The lowest BCUT2D eigenvalue weighted by Crippen LogP contribution is -2.24. The zero-order valence-corrected chi connectivity index (χ0v) is 18.2. The number of benzene rings is 1. The summed E-state index contributed by atoms with van der Waals surface area (Å²) in [5.41, 5.74) is 2.56. The molecule has 0 saturated heterocycles. The smallest absolute Gasteiger partial charge is 0.230 e. The molecule has 2 aliphatic carbocycles. The first-order valence-electron chi connectivity index (χ1n) is 10.4. The molecule has 4 nitrogen and oxygen atoms in total. The maximum absolute atomic E-state index is 12.5. The van der Waals surface area contributed by atoms with Crippen LogP contribution in [0, 0.1) is 5.92 Å². The number of rotatable bonds is 6. The van der Waals surface area contributed by atoms with E-state index in [0.717, 1.165) is 40.0 Å². The highest BCUT2D eigenvalue weighted by molar-refractivity contribution is 8.00. The Kier molecular flexibility index (Phi) is 5.31. The number of carbonyl (C=O) groups excluding carboxylic acids is 1. The maximum Gasteiger partial charge on any atom is 0.230 e. The van der Waals surface area contributed by atoms with Crippen LogP contribution < -0.4 is 5.32 Å². The molecule has 2 heterocycles. The summed E-state index contributed by atoms with van der Waals surface area (Å²) in [6.07, 6.45) is 5.86. The largest absolute Gasteiger partial charge is 0.351 e. The normalized spacial score (nSPS) is 18.6. The highest BCUT2D eigenvalue weighted by atomic mass is 32.2. The number of aryl methyl sites for hydroxylation is 1. The fraction of sp³-hybridized carbons (Fsp3) is 0.435. The number of fused-ring (bicyclic) bond motifs is 3. The highest BCUT2D eigenvalue weighted by Gasteiger charge is 2.30. The Morgan fingerprint density at radius 3 is 2.83 bits per heavy atom. The van der Waals surface area contributed by atoms with Gasteiger partial charge in [-0.25, -0.2) is 9.97 Å². The van der Waals surface area contributed by atoms with Crippen LogP contribution in [0.15, 0.2) is 35.4 Å². The van der Waals surface area contributed by atoms with E-state index in [4.69, 9.17) is 9.97 Å². The van der Waals surface area contributed by atoms with Crippen LogP contribution in [-0.2, 0) is 24.2 Å². The Bertz CT molecular complexity index is 1040. The standard InChI is InChI=1S/C23H25N3OS2/c1-14-7-10-17-18(11-14)29-23-20(17)22(25-21(26-23)16-8-9-16)28-13-19(27)24-12-15-5-3-2-4-6-15/h2-6,14,16H,7-13H2,1H3,(H,24,27). The fourth-order valence-electron chi connectivity index (χ4n) is 3.93. The topological polar surface area (TPSA) is 54.9 Å². The minimum Gasteiger partial charge on any atom is -0.351 e. The summed E-state index contributed by atoms with van der Waals surface area (Å²) >= 11 is 3.43. The lowest BCUT2D eigenvalue weighted by Gasteiger charge is -2.18. The van der Waals surface area contributed by atoms with Crippen LogP contribution in [0.1, 0.15) is 53.9 Å². The average Bonchev–Trinajstić information content (AvgIpc) is 3.52. The van der Waals surface area contributed by atoms with Crippen LogP contribution in [0.5, 0.6) is 0 Å². The number of hydrogen-bond acceptors (Lipinski definition) is 5. The van der Waals surface area contributed by atoms with E-state index in [1.165, 1.54) is 35.1 Å². The van der Waals surface area contributed by atoms with Gasteiger partial charge in [0.1, 0.15) is 15.7 Å². The van der Waals surface area contributed by atoms with E-state index in [1.54, 1.807) is 11.8 Å². The molecular weight excluding hydrogens is 398 g/mol. The molecule has 0 bridgehead atoms. The maximum atomic E-state index is 12.5. The molecule has 1 atom stereocenters. The van der Waals surface area contributed by atoms with Crippen LogP contribution in [0.25, 0.3) is 10.2 Å². The summed E-state index contributed by atoms with van der Waals surface area (Å²) in [5, 5.41) is 5.27. The predicted molar refractivity (Wildman–Crippen MR) is 120 cm³/mol. The van der Waals surface area contributed by atoms with E-state index in [-0.39, 0.29) is 5.91 Å². The van der Waals surface area contributed by atoms with Crippen molar-refractivity contribution >= 4 is 39.2 Å². The molecule has 5 rings (SSSR count). The third-order valence-electron chi connectivity index (χ3n) is 5.75. The minimum absolute atomic E-state index is 0.0521. The molecule has 0 spiro atoms. The molecule has 1 fully saturated rings. The number of carbonyl (C=O) groups is 1. The molecule has 2 aromatic heterocycles. The monoisotopic (exact) mass is 423 g/mol. The molecule has 0 aliphatic heterocycles. The third kappa shape index (κ3) is 4.19. The Morgan fingerprint density at radius 2 is 2.03 bits per heavy atom. The van der Waals surface area contributed by atoms with Gasteiger partial charge >= 0.3 is 0 Å². The van der Waals surface area contributed by atoms with Gasteiger partial charge in [0.15, 0.2) is 0 Å². The Hall–Kier alpha value is -1.92. The van der Waals surface area contributed by atoms with Gasteiger partial charge in [-0.1, -0.05) is 49.0 Å². The van der Waals surface area contributed by atoms with Gasteiger partial charge < -0.3 is 5.32 Å². The van der Waals surface area contributed by atoms with Crippen molar-refractivity contribution < 1.29 is 4.79 Å². The number of thioether (sulfide) groups is 1. The lowest BCUT2D eigenvalue weighted by molar-refractivity contribution is -0.118. The van der Waals surface area contributed by atoms with Crippen molar-refractivity contribution in [2.24, 2.45) is 5.92 Å². The minimum atomic E-state index is 0.0521. The van der Waals surface area contributed by atoms with E-state index in [0.29, 0.717) is 18.2 Å². The SMILES string of the molecule is CC1CCc2c(sc3nc(C4CC4)nc(SCC(=O)NCc4ccccc4)c23)C1. The second kappa shape index (κ2) is 8.07. The molecule has 150 valence electrons. The second-order valence-electron chi connectivity index (χ2n) is 8.24. The van der Waals surface area contributed by atoms with E-state index in [9.17, 15) is 4.79 Å². The Morgan fingerprint density at radius 1 is 1.21 bits per heavy atom. The molecule has 1 N–H and O–H groups in total. The van der Waals surface area contributed by atoms with E-state index in [1.807, 2.05) is 41.7 Å². The number of hydrogen-bond donors (Lipinski definition) is 1. The van der Waals surface area contributed by atoms with Crippen LogP contribution in [0.2, 0.25) is 0 Å². The summed E-state index contributed by atoms with van der Waals surface area (Å²) in [6.45, 7) is 2.90. The predicted octanol–water partition coefficient (Wildman–Crippen LogP) is 5.10. The Balaban J connectivity index is 1.36. The van der Waals surface area contributed by atoms with Gasteiger partial charge in [-0.15, -0.1) is 11.3 Å². The average molecular weight is 424 g/mol. The molecule has 2 aliphatic rings.